The van der Waals surface area contributed by atoms with Gasteiger partial charge in [-0.2, -0.15) is 0 Å². The van der Waals surface area contributed by atoms with Crippen molar-refractivity contribution in [1.82, 2.24) is 9.97 Å². The molecule has 100 valence electrons. The monoisotopic (exact) mass is 274 g/mol. The Labute approximate surface area is 117 Å². The van der Waals surface area contributed by atoms with E-state index < -0.39 is 6.10 Å². The predicted molar refractivity (Wildman–Crippen MR) is 76.3 cm³/mol. The normalized spacial score (nSPS) is 16.1. The number of hydrogen-bond acceptors (Lipinski definition) is 4. The van der Waals surface area contributed by atoms with Crippen LogP contribution in [0.1, 0.15) is 46.5 Å². The Kier molecular flexibility index (Phi) is 3.89. The molecule has 4 heteroatoms. The maximum absolute atomic E-state index is 10.1. The lowest BCUT2D eigenvalue weighted by Crippen LogP contribution is -2.01. The highest BCUT2D eigenvalue weighted by Crippen LogP contribution is 2.28. The average Bonchev–Trinajstić information content (AvgIpc) is 2.88. The first-order chi connectivity index (χ1) is 9.33. The molecule has 0 saturated heterocycles. The van der Waals surface area contributed by atoms with Gasteiger partial charge in [0.1, 0.15) is 0 Å². The third-order valence-corrected chi connectivity index (χ3v) is 4.81. The Morgan fingerprint density at radius 1 is 1.32 bits per heavy atom. The Morgan fingerprint density at radius 2 is 2.21 bits per heavy atom. The smallest absolute Gasteiger partial charge is 0.0932 e. The van der Waals surface area contributed by atoms with E-state index in [1.54, 1.807) is 12.4 Å². The summed E-state index contributed by atoms with van der Waals surface area (Å²) < 4.78 is 0. The Morgan fingerprint density at radius 3 is 3.00 bits per heavy atom. The van der Waals surface area contributed by atoms with Crippen molar-refractivity contribution in [3.05, 3.63) is 45.7 Å². The molecular formula is C15H18N2OS. The largest absolute Gasteiger partial charge is 0.388 e. The molecule has 19 heavy (non-hydrogen) atoms. The zero-order chi connectivity index (χ0) is 13.1. The van der Waals surface area contributed by atoms with E-state index in [1.807, 2.05) is 23.5 Å². The lowest BCUT2D eigenvalue weighted by atomic mass is 10.0. The van der Waals surface area contributed by atoms with Gasteiger partial charge in [0.15, 0.2) is 0 Å². The Bertz CT molecular complexity index is 515. The fourth-order valence-corrected chi connectivity index (χ4v) is 3.68. The van der Waals surface area contributed by atoms with Crippen molar-refractivity contribution in [3.63, 3.8) is 0 Å². The summed E-state index contributed by atoms with van der Waals surface area (Å²) in [6, 6.07) is 3.78. The van der Waals surface area contributed by atoms with Crippen molar-refractivity contribution >= 4 is 11.3 Å². The Hall–Kier alpha value is -1.26. The fourth-order valence-electron chi connectivity index (χ4n) is 2.51. The van der Waals surface area contributed by atoms with Crippen LogP contribution in [0.25, 0.3) is 0 Å². The molecule has 0 fully saturated rings. The van der Waals surface area contributed by atoms with Gasteiger partial charge in [-0.05, 0) is 43.7 Å². The van der Waals surface area contributed by atoms with Crippen LogP contribution in [-0.4, -0.2) is 15.1 Å². The molecular weight excluding hydrogens is 256 g/mol. The van der Waals surface area contributed by atoms with E-state index in [1.165, 1.54) is 34.8 Å². The van der Waals surface area contributed by atoms with Gasteiger partial charge in [-0.25, -0.2) is 4.98 Å². The second kappa shape index (κ2) is 5.80. The van der Waals surface area contributed by atoms with E-state index >= 15 is 0 Å². The molecule has 0 radical (unpaired) electrons. The quantitative estimate of drug-likeness (QED) is 0.932. The SMILES string of the molecule is OC(CCc1nc2c(s1)CCCC2)c1cccnc1. The molecule has 1 N–H and O–H groups in total. The Balaban J connectivity index is 1.61. The minimum atomic E-state index is -0.436. The third kappa shape index (κ3) is 3.01. The van der Waals surface area contributed by atoms with Gasteiger partial charge in [0.2, 0.25) is 0 Å². The summed E-state index contributed by atoms with van der Waals surface area (Å²) in [5.74, 6) is 0. The summed E-state index contributed by atoms with van der Waals surface area (Å²) in [7, 11) is 0. The first-order valence-corrected chi connectivity index (χ1v) is 7.70. The van der Waals surface area contributed by atoms with E-state index in [4.69, 9.17) is 4.98 Å². The number of rotatable bonds is 4. The van der Waals surface area contributed by atoms with Crippen LogP contribution < -0.4 is 0 Å². The van der Waals surface area contributed by atoms with Crippen LogP contribution in [0.5, 0.6) is 0 Å². The second-order valence-electron chi connectivity index (χ2n) is 5.03. The van der Waals surface area contributed by atoms with Crippen molar-refractivity contribution in [1.29, 1.82) is 0 Å². The van der Waals surface area contributed by atoms with Gasteiger partial charge >= 0.3 is 0 Å². The highest BCUT2D eigenvalue weighted by molar-refractivity contribution is 7.11. The first kappa shape index (κ1) is 12.8. The molecule has 1 aliphatic rings. The first-order valence-electron chi connectivity index (χ1n) is 6.88. The third-order valence-electron chi connectivity index (χ3n) is 3.59. The van der Waals surface area contributed by atoms with Crippen LogP contribution in [0.2, 0.25) is 0 Å². The summed E-state index contributed by atoms with van der Waals surface area (Å²) in [6.07, 6.45) is 9.50. The van der Waals surface area contributed by atoms with Gasteiger partial charge in [-0.3, -0.25) is 4.98 Å². The molecule has 0 saturated carbocycles. The summed E-state index contributed by atoms with van der Waals surface area (Å²) in [5, 5.41) is 11.3. The molecule has 1 aliphatic carbocycles. The van der Waals surface area contributed by atoms with Crippen molar-refractivity contribution in [2.75, 3.05) is 0 Å². The van der Waals surface area contributed by atoms with E-state index in [9.17, 15) is 5.11 Å². The minimum Gasteiger partial charge on any atom is -0.388 e. The number of pyridine rings is 1. The van der Waals surface area contributed by atoms with Gasteiger partial charge < -0.3 is 5.11 Å². The number of nitrogens with zero attached hydrogens (tertiary/aromatic N) is 2. The number of thiazole rings is 1. The van der Waals surface area contributed by atoms with Crippen LogP contribution in [-0.2, 0) is 19.3 Å². The van der Waals surface area contributed by atoms with Crippen LogP contribution in [0.3, 0.4) is 0 Å². The molecule has 3 nitrogen and oxygen atoms in total. The molecule has 2 aromatic heterocycles. The van der Waals surface area contributed by atoms with Crippen molar-refractivity contribution in [2.24, 2.45) is 0 Å². The number of fused-ring (bicyclic) bond motifs is 1. The van der Waals surface area contributed by atoms with Crippen molar-refractivity contribution in [3.8, 4) is 0 Å². The molecule has 1 atom stereocenters. The molecule has 0 aliphatic heterocycles. The van der Waals surface area contributed by atoms with Crippen LogP contribution in [0.4, 0.5) is 0 Å². The van der Waals surface area contributed by atoms with Crippen LogP contribution >= 0.6 is 11.3 Å². The maximum atomic E-state index is 10.1. The minimum absolute atomic E-state index is 0.436. The maximum Gasteiger partial charge on any atom is 0.0932 e. The molecule has 2 heterocycles. The molecule has 0 bridgehead atoms. The van der Waals surface area contributed by atoms with Gasteiger partial charge in [0.05, 0.1) is 16.8 Å². The van der Waals surface area contributed by atoms with Gasteiger partial charge in [-0.15, -0.1) is 11.3 Å². The number of aliphatic hydroxyl groups is 1. The summed E-state index contributed by atoms with van der Waals surface area (Å²) in [5.41, 5.74) is 2.20. The molecule has 0 amide bonds. The van der Waals surface area contributed by atoms with Gasteiger partial charge in [0, 0.05) is 23.7 Å². The zero-order valence-electron chi connectivity index (χ0n) is 10.9. The topological polar surface area (TPSA) is 46.0 Å². The zero-order valence-corrected chi connectivity index (χ0v) is 11.7. The summed E-state index contributed by atoms with van der Waals surface area (Å²) in [4.78, 5) is 10.2. The molecule has 2 aromatic rings. The fraction of sp³-hybridized carbons (Fsp3) is 0.467. The number of aryl methyl sites for hydroxylation is 3. The van der Waals surface area contributed by atoms with Gasteiger partial charge in [0.25, 0.3) is 0 Å². The van der Waals surface area contributed by atoms with Crippen LogP contribution in [0.15, 0.2) is 24.5 Å². The standard InChI is InChI=1S/C15H18N2OS/c18-13(11-4-3-9-16-10-11)7-8-15-17-12-5-1-2-6-14(12)19-15/h3-4,9-10,13,18H,1-2,5-8H2. The molecule has 0 spiro atoms. The highest BCUT2D eigenvalue weighted by Gasteiger charge is 2.16. The van der Waals surface area contributed by atoms with Crippen molar-refractivity contribution in [2.45, 2.75) is 44.6 Å². The average molecular weight is 274 g/mol. The highest BCUT2D eigenvalue weighted by atomic mass is 32.1. The van der Waals surface area contributed by atoms with Gasteiger partial charge in [-0.1, -0.05) is 6.07 Å². The number of aromatic nitrogens is 2. The van der Waals surface area contributed by atoms with Crippen LogP contribution in [0, 0.1) is 0 Å². The van der Waals surface area contributed by atoms with E-state index in [-0.39, 0.29) is 0 Å². The number of aliphatic hydroxyl groups excluding tert-OH is 1. The molecule has 1 unspecified atom stereocenters. The molecule has 0 aromatic carbocycles. The molecule has 3 rings (SSSR count). The van der Waals surface area contributed by atoms with E-state index in [0.717, 1.165) is 24.8 Å². The summed E-state index contributed by atoms with van der Waals surface area (Å²) in [6.45, 7) is 0. The van der Waals surface area contributed by atoms with Crippen molar-refractivity contribution < 1.29 is 5.11 Å². The van der Waals surface area contributed by atoms with E-state index in [2.05, 4.69) is 4.98 Å². The lowest BCUT2D eigenvalue weighted by Gasteiger charge is -2.08. The van der Waals surface area contributed by atoms with E-state index in [0.29, 0.717) is 0 Å². The second-order valence-corrected chi connectivity index (χ2v) is 6.19. The summed E-state index contributed by atoms with van der Waals surface area (Å²) >= 11 is 1.83. The predicted octanol–water partition coefficient (Wildman–Crippen LogP) is 3.08. The lowest BCUT2D eigenvalue weighted by molar-refractivity contribution is 0.167. The number of hydrogen-bond donors (Lipinski definition) is 1.